The molecule has 100 valence electrons. The molecular weight excluding hydrogens is 250 g/mol. The first kappa shape index (κ1) is 15.2. The van der Waals surface area contributed by atoms with Gasteiger partial charge >= 0.3 is 0 Å². The normalized spacial score (nSPS) is 12.4. The molecule has 4 heteroatoms. The molecule has 1 unspecified atom stereocenters. The number of ether oxygens (including phenoxy) is 1. The molecule has 0 aliphatic carbocycles. The summed E-state index contributed by atoms with van der Waals surface area (Å²) in [6.07, 6.45) is 0.909. The Kier molecular flexibility index (Phi) is 6.94. The van der Waals surface area contributed by atoms with Crippen LogP contribution in [0.25, 0.3) is 0 Å². The molecule has 1 N–H and O–H groups in total. The Morgan fingerprint density at radius 2 is 2.06 bits per heavy atom. The molecule has 0 radical (unpaired) electrons. The predicted molar refractivity (Wildman–Crippen MR) is 74.4 cm³/mol. The third kappa shape index (κ3) is 5.17. The molecule has 1 aromatic carbocycles. The van der Waals surface area contributed by atoms with Gasteiger partial charge in [-0.2, -0.15) is 0 Å². The van der Waals surface area contributed by atoms with E-state index in [-0.39, 0.29) is 11.8 Å². The molecule has 1 atom stereocenters. The second-order valence-corrected chi connectivity index (χ2v) is 4.53. The highest BCUT2D eigenvalue weighted by atomic mass is 35.5. The van der Waals surface area contributed by atoms with Gasteiger partial charge in [0.05, 0.1) is 6.04 Å². The number of halogens is 1. The van der Waals surface area contributed by atoms with Crippen LogP contribution in [0.4, 0.5) is 0 Å². The van der Waals surface area contributed by atoms with Crippen LogP contribution in [0.5, 0.6) is 0 Å². The van der Waals surface area contributed by atoms with E-state index < -0.39 is 0 Å². The number of benzene rings is 1. The summed E-state index contributed by atoms with van der Waals surface area (Å²) in [7, 11) is 0. The summed E-state index contributed by atoms with van der Waals surface area (Å²) in [5.74, 6) is 0.0862. The van der Waals surface area contributed by atoms with Gasteiger partial charge in [0.15, 0.2) is 5.78 Å². The maximum Gasteiger partial charge on any atom is 0.179 e. The molecule has 1 rings (SSSR count). The van der Waals surface area contributed by atoms with E-state index in [9.17, 15) is 4.79 Å². The maximum absolute atomic E-state index is 12.0. The average molecular weight is 270 g/mol. The van der Waals surface area contributed by atoms with Gasteiger partial charge in [-0.25, -0.2) is 0 Å². The first-order valence-electron chi connectivity index (χ1n) is 6.26. The van der Waals surface area contributed by atoms with E-state index >= 15 is 0 Å². The largest absolute Gasteiger partial charge is 0.382 e. The van der Waals surface area contributed by atoms with Crippen LogP contribution in [-0.2, 0) is 4.74 Å². The molecule has 0 amide bonds. The SMILES string of the molecule is CCOCCCNC(C)C(=O)c1ccc(Cl)cc1. The standard InChI is InChI=1S/C14H20ClNO2/c1-3-18-10-4-9-16-11(2)14(17)12-5-7-13(15)8-6-12/h5-8,11,16H,3-4,9-10H2,1-2H3. The van der Waals surface area contributed by atoms with Crippen molar-refractivity contribution >= 4 is 17.4 Å². The Morgan fingerprint density at radius 3 is 2.67 bits per heavy atom. The number of Topliss-reactive ketones (excluding diaryl/α,β-unsaturated/α-hetero) is 1. The second-order valence-electron chi connectivity index (χ2n) is 4.10. The number of carbonyl (C=O) groups is 1. The monoisotopic (exact) mass is 269 g/mol. The highest BCUT2D eigenvalue weighted by Crippen LogP contribution is 2.11. The lowest BCUT2D eigenvalue weighted by Gasteiger charge is -2.12. The molecule has 0 saturated carbocycles. The first-order valence-corrected chi connectivity index (χ1v) is 6.64. The van der Waals surface area contributed by atoms with Crippen molar-refractivity contribution in [3.05, 3.63) is 34.9 Å². The summed E-state index contributed by atoms with van der Waals surface area (Å²) in [5, 5.41) is 3.83. The van der Waals surface area contributed by atoms with Crippen LogP contribution < -0.4 is 5.32 Å². The molecular formula is C14H20ClNO2. The zero-order valence-electron chi connectivity index (χ0n) is 10.9. The van der Waals surface area contributed by atoms with Crippen LogP contribution in [0, 0.1) is 0 Å². The lowest BCUT2D eigenvalue weighted by atomic mass is 10.1. The van der Waals surface area contributed by atoms with Gasteiger partial charge in [0.1, 0.15) is 0 Å². The summed E-state index contributed by atoms with van der Waals surface area (Å²) in [5.41, 5.74) is 0.684. The van der Waals surface area contributed by atoms with Gasteiger partial charge in [-0.05, 0) is 51.1 Å². The van der Waals surface area contributed by atoms with Crippen molar-refractivity contribution in [3.63, 3.8) is 0 Å². The molecule has 0 spiro atoms. The summed E-state index contributed by atoms with van der Waals surface area (Å²) >= 11 is 5.79. The highest BCUT2D eigenvalue weighted by Gasteiger charge is 2.13. The Hall–Kier alpha value is -0.900. The van der Waals surface area contributed by atoms with Crippen molar-refractivity contribution in [2.24, 2.45) is 0 Å². The van der Waals surface area contributed by atoms with Gasteiger partial charge < -0.3 is 10.1 Å². The maximum atomic E-state index is 12.0. The number of hydrogen-bond donors (Lipinski definition) is 1. The molecule has 3 nitrogen and oxygen atoms in total. The lowest BCUT2D eigenvalue weighted by molar-refractivity contribution is 0.0946. The molecule has 0 heterocycles. The summed E-state index contributed by atoms with van der Waals surface area (Å²) in [6.45, 7) is 6.09. The summed E-state index contributed by atoms with van der Waals surface area (Å²) in [6, 6.07) is 6.78. The Morgan fingerprint density at radius 1 is 1.39 bits per heavy atom. The van der Waals surface area contributed by atoms with E-state index in [2.05, 4.69) is 5.32 Å². The molecule has 0 aliphatic rings. The Bertz CT molecular complexity index is 365. The van der Waals surface area contributed by atoms with E-state index in [4.69, 9.17) is 16.3 Å². The van der Waals surface area contributed by atoms with Gasteiger partial charge in [-0.1, -0.05) is 11.6 Å². The minimum Gasteiger partial charge on any atom is -0.382 e. The van der Waals surface area contributed by atoms with Gasteiger partial charge in [0.2, 0.25) is 0 Å². The average Bonchev–Trinajstić information content (AvgIpc) is 2.38. The van der Waals surface area contributed by atoms with Gasteiger partial charge in [0.25, 0.3) is 0 Å². The van der Waals surface area contributed by atoms with Gasteiger partial charge in [-0.3, -0.25) is 4.79 Å². The minimum absolute atomic E-state index is 0.0862. The molecule has 0 aliphatic heterocycles. The van der Waals surface area contributed by atoms with Gasteiger partial charge in [0, 0.05) is 23.8 Å². The van der Waals surface area contributed by atoms with E-state index in [0.29, 0.717) is 10.6 Å². The van der Waals surface area contributed by atoms with Crippen LogP contribution >= 0.6 is 11.6 Å². The van der Waals surface area contributed by atoms with Crippen molar-refractivity contribution in [2.75, 3.05) is 19.8 Å². The number of hydrogen-bond acceptors (Lipinski definition) is 3. The fraction of sp³-hybridized carbons (Fsp3) is 0.500. The zero-order valence-corrected chi connectivity index (χ0v) is 11.7. The van der Waals surface area contributed by atoms with Crippen LogP contribution in [0.2, 0.25) is 5.02 Å². The van der Waals surface area contributed by atoms with Crippen molar-refractivity contribution in [1.82, 2.24) is 5.32 Å². The molecule has 0 saturated heterocycles. The quantitative estimate of drug-likeness (QED) is 0.583. The van der Waals surface area contributed by atoms with E-state index in [1.165, 1.54) is 0 Å². The molecule has 18 heavy (non-hydrogen) atoms. The topological polar surface area (TPSA) is 38.3 Å². The van der Waals surface area contributed by atoms with E-state index in [1.807, 2.05) is 13.8 Å². The smallest absolute Gasteiger partial charge is 0.179 e. The third-order valence-corrected chi connectivity index (χ3v) is 2.89. The highest BCUT2D eigenvalue weighted by molar-refractivity contribution is 6.30. The fourth-order valence-corrected chi connectivity index (χ4v) is 1.72. The number of rotatable bonds is 8. The fourth-order valence-electron chi connectivity index (χ4n) is 1.59. The van der Waals surface area contributed by atoms with Crippen LogP contribution in [0.1, 0.15) is 30.6 Å². The van der Waals surface area contributed by atoms with Crippen molar-refractivity contribution < 1.29 is 9.53 Å². The van der Waals surface area contributed by atoms with Crippen molar-refractivity contribution in [1.29, 1.82) is 0 Å². The summed E-state index contributed by atoms with van der Waals surface area (Å²) < 4.78 is 5.23. The second kappa shape index (κ2) is 8.25. The van der Waals surface area contributed by atoms with Crippen LogP contribution in [0.3, 0.4) is 0 Å². The predicted octanol–water partition coefficient (Wildman–Crippen LogP) is 2.93. The number of ketones is 1. The minimum atomic E-state index is -0.187. The summed E-state index contributed by atoms with van der Waals surface area (Å²) in [4.78, 5) is 12.0. The van der Waals surface area contributed by atoms with E-state index in [0.717, 1.165) is 26.2 Å². The lowest BCUT2D eigenvalue weighted by Crippen LogP contribution is -2.35. The molecule has 1 aromatic rings. The first-order chi connectivity index (χ1) is 8.65. The Labute approximate surface area is 113 Å². The van der Waals surface area contributed by atoms with Gasteiger partial charge in [-0.15, -0.1) is 0 Å². The molecule has 0 aromatic heterocycles. The zero-order chi connectivity index (χ0) is 13.4. The molecule has 0 bridgehead atoms. The van der Waals surface area contributed by atoms with Crippen molar-refractivity contribution in [2.45, 2.75) is 26.3 Å². The van der Waals surface area contributed by atoms with Crippen LogP contribution in [-0.4, -0.2) is 31.6 Å². The van der Waals surface area contributed by atoms with Crippen LogP contribution in [0.15, 0.2) is 24.3 Å². The number of carbonyl (C=O) groups excluding carboxylic acids is 1. The Balaban J connectivity index is 2.34. The molecule has 0 fully saturated rings. The number of nitrogens with one attached hydrogen (secondary N) is 1. The van der Waals surface area contributed by atoms with Crippen molar-refractivity contribution in [3.8, 4) is 0 Å². The third-order valence-electron chi connectivity index (χ3n) is 2.64. The van der Waals surface area contributed by atoms with E-state index in [1.54, 1.807) is 24.3 Å².